The van der Waals surface area contributed by atoms with Crippen LogP contribution < -0.4 is 15.8 Å². The molecule has 6 heteroatoms. The van der Waals surface area contributed by atoms with E-state index in [1.165, 1.54) is 7.11 Å². The van der Waals surface area contributed by atoms with Gasteiger partial charge in [-0.1, -0.05) is 0 Å². The SMILES string of the molecule is COc1ccc(N)cc1C(=O)Nc1cnn(C)c1. The molecule has 1 aromatic carbocycles. The monoisotopic (exact) mass is 246 g/mol. The zero-order valence-electron chi connectivity index (χ0n) is 10.2. The van der Waals surface area contributed by atoms with Crippen molar-refractivity contribution >= 4 is 17.3 Å². The van der Waals surface area contributed by atoms with Gasteiger partial charge in [0.25, 0.3) is 5.91 Å². The third-order valence-corrected chi connectivity index (χ3v) is 2.43. The normalized spacial score (nSPS) is 10.1. The minimum atomic E-state index is -0.285. The van der Waals surface area contributed by atoms with E-state index in [0.717, 1.165) is 0 Å². The minimum Gasteiger partial charge on any atom is -0.496 e. The van der Waals surface area contributed by atoms with Gasteiger partial charge in [-0.15, -0.1) is 0 Å². The first-order valence-electron chi connectivity index (χ1n) is 5.33. The molecule has 0 aliphatic carbocycles. The highest BCUT2D eigenvalue weighted by molar-refractivity contribution is 6.06. The van der Waals surface area contributed by atoms with Crippen molar-refractivity contribution in [2.45, 2.75) is 0 Å². The number of ether oxygens (including phenoxy) is 1. The summed E-state index contributed by atoms with van der Waals surface area (Å²) in [5.41, 5.74) is 7.18. The van der Waals surface area contributed by atoms with Gasteiger partial charge < -0.3 is 15.8 Å². The smallest absolute Gasteiger partial charge is 0.259 e. The lowest BCUT2D eigenvalue weighted by Gasteiger charge is -2.08. The van der Waals surface area contributed by atoms with Crippen molar-refractivity contribution in [3.05, 3.63) is 36.2 Å². The summed E-state index contributed by atoms with van der Waals surface area (Å²) in [4.78, 5) is 12.1. The lowest BCUT2D eigenvalue weighted by atomic mass is 10.1. The molecule has 0 aliphatic heterocycles. The Labute approximate surface area is 104 Å². The number of hydrogen-bond donors (Lipinski definition) is 2. The van der Waals surface area contributed by atoms with E-state index < -0.39 is 0 Å². The Morgan fingerprint density at radius 1 is 1.50 bits per heavy atom. The molecule has 0 atom stereocenters. The summed E-state index contributed by atoms with van der Waals surface area (Å²) in [5.74, 6) is 0.192. The number of rotatable bonds is 3. The first-order chi connectivity index (χ1) is 8.60. The molecule has 2 rings (SSSR count). The van der Waals surface area contributed by atoms with Gasteiger partial charge in [-0.3, -0.25) is 9.48 Å². The third-order valence-electron chi connectivity index (χ3n) is 2.43. The predicted molar refractivity (Wildman–Crippen MR) is 68.6 cm³/mol. The molecule has 0 saturated carbocycles. The van der Waals surface area contributed by atoms with Crippen LogP contribution in [0.3, 0.4) is 0 Å². The van der Waals surface area contributed by atoms with Crippen LogP contribution in [-0.2, 0) is 7.05 Å². The quantitative estimate of drug-likeness (QED) is 0.799. The van der Waals surface area contributed by atoms with Crippen molar-refractivity contribution < 1.29 is 9.53 Å². The van der Waals surface area contributed by atoms with Gasteiger partial charge in [-0.25, -0.2) is 0 Å². The van der Waals surface area contributed by atoms with Crippen LogP contribution in [0.4, 0.5) is 11.4 Å². The lowest BCUT2D eigenvalue weighted by Crippen LogP contribution is -2.13. The van der Waals surface area contributed by atoms with Gasteiger partial charge in [0.2, 0.25) is 0 Å². The second-order valence-electron chi connectivity index (χ2n) is 3.82. The highest BCUT2D eigenvalue weighted by Crippen LogP contribution is 2.22. The molecular weight excluding hydrogens is 232 g/mol. The predicted octanol–water partition coefficient (Wildman–Crippen LogP) is 1.26. The van der Waals surface area contributed by atoms with E-state index in [-0.39, 0.29) is 5.91 Å². The standard InChI is InChI=1S/C12H14N4O2/c1-16-7-9(6-14-16)15-12(17)10-5-8(13)3-4-11(10)18-2/h3-7H,13H2,1-2H3,(H,15,17). The molecule has 1 amide bonds. The zero-order valence-corrected chi connectivity index (χ0v) is 10.2. The molecule has 1 heterocycles. The third kappa shape index (κ3) is 2.42. The van der Waals surface area contributed by atoms with Crippen LogP contribution in [0.1, 0.15) is 10.4 Å². The van der Waals surface area contributed by atoms with E-state index in [9.17, 15) is 4.79 Å². The maximum atomic E-state index is 12.1. The van der Waals surface area contributed by atoms with Gasteiger partial charge in [-0.05, 0) is 18.2 Å². The van der Waals surface area contributed by atoms with Crippen LogP contribution in [0, 0.1) is 0 Å². The average Bonchev–Trinajstić information content (AvgIpc) is 2.74. The van der Waals surface area contributed by atoms with Crippen molar-refractivity contribution in [1.29, 1.82) is 0 Å². The van der Waals surface area contributed by atoms with Crippen LogP contribution in [0.5, 0.6) is 5.75 Å². The van der Waals surface area contributed by atoms with E-state index >= 15 is 0 Å². The second-order valence-corrected chi connectivity index (χ2v) is 3.82. The van der Waals surface area contributed by atoms with Crippen molar-refractivity contribution in [2.75, 3.05) is 18.2 Å². The molecule has 0 spiro atoms. The molecule has 0 saturated heterocycles. The number of nitrogens with two attached hydrogens (primary N) is 1. The van der Waals surface area contributed by atoms with E-state index in [1.54, 1.807) is 42.3 Å². The topological polar surface area (TPSA) is 82.2 Å². The molecule has 0 unspecified atom stereocenters. The van der Waals surface area contributed by atoms with Crippen molar-refractivity contribution in [3.63, 3.8) is 0 Å². The van der Waals surface area contributed by atoms with E-state index in [1.807, 2.05) is 0 Å². The summed E-state index contributed by atoms with van der Waals surface area (Å²) >= 11 is 0. The molecule has 0 aliphatic rings. The highest BCUT2D eigenvalue weighted by atomic mass is 16.5. The first kappa shape index (κ1) is 12.0. The first-order valence-corrected chi connectivity index (χ1v) is 5.33. The number of aromatic nitrogens is 2. The summed E-state index contributed by atoms with van der Waals surface area (Å²) in [6, 6.07) is 4.91. The van der Waals surface area contributed by atoms with Gasteiger partial charge in [0.05, 0.1) is 24.6 Å². The van der Waals surface area contributed by atoms with Gasteiger partial charge in [0.15, 0.2) is 0 Å². The Hall–Kier alpha value is -2.50. The van der Waals surface area contributed by atoms with Crippen molar-refractivity contribution in [3.8, 4) is 5.75 Å². The van der Waals surface area contributed by atoms with Crippen LogP contribution in [0.15, 0.2) is 30.6 Å². The molecule has 3 N–H and O–H groups in total. The Bertz CT molecular complexity index is 577. The Balaban J connectivity index is 2.25. The number of nitrogens with one attached hydrogen (secondary N) is 1. The zero-order chi connectivity index (χ0) is 13.1. The second kappa shape index (κ2) is 4.79. The fourth-order valence-corrected chi connectivity index (χ4v) is 1.59. The number of nitrogens with zero attached hydrogens (tertiary/aromatic N) is 2. The molecular formula is C12H14N4O2. The fourth-order valence-electron chi connectivity index (χ4n) is 1.59. The molecule has 6 nitrogen and oxygen atoms in total. The minimum absolute atomic E-state index is 0.285. The molecule has 0 fully saturated rings. The number of anilines is 2. The van der Waals surface area contributed by atoms with E-state index in [0.29, 0.717) is 22.7 Å². The van der Waals surface area contributed by atoms with E-state index in [2.05, 4.69) is 10.4 Å². The number of methoxy groups -OCH3 is 1. The van der Waals surface area contributed by atoms with Crippen molar-refractivity contribution in [1.82, 2.24) is 9.78 Å². The average molecular weight is 246 g/mol. The summed E-state index contributed by atoms with van der Waals surface area (Å²) in [6.07, 6.45) is 3.27. The van der Waals surface area contributed by atoms with E-state index in [4.69, 9.17) is 10.5 Å². The van der Waals surface area contributed by atoms with Crippen LogP contribution >= 0.6 is 0 Å². The molecule has 18 heavy (non-hydrogen) atoms. The summed E-state index contributed by atoms with van der Waals surface area (Å²) in [6.45, 7) is 0. The number of carbonyl (C=O) groups is 1. The molecule has 0 radical (unpaired) electrons. The number of carbonyl (C=O) groups excluding carboxylic acids is 1. The number of aryl methyl sites for hydroxylation is 1. The van der Waals surface area contributed by atoms with Gasteiger partial charge >= 0.3 is 0 Å². The summed E-state index contributed by atoms with van der Waals surface area (Å²) in [7, 11) is 3.28. The maximum Gasteiger partial charge on any atom is 0.259 e. The van der Waals surface area contributed by atoms with Gasteiger partial charge in [-0.2, -0.15) is 5.10 Å². The Morgan fingerprint density at radius 2 is 2.28 bits per heavy atom. The number of nitrogen functional groups attached to an aromatic ring is 1. The highest BCUT2D eigenvalue weighted by Gasteiger charge is 2.13. The van der Waals surface area contributed by atoms with Crippen LogP contribution in [0.2, 0.25) is 0 Å². The number of benzene rings is 1. The summed E-state index contributed by atoms with van der Waals surface area (Å²) in [5, 5.41) is 6.69. The summed E-state index contributed by atoms with van der Waals surface area (Å²) < 4.78 is 6.73. The van der Waals surface area contributed by atoms with Gasteiger partial charge in [0, 0.05) is 18.9 Å². The van der Waals surface area contributed by atoms with Crippen LogP contribution in [0.25, 0.3) is 0 Å². The lowest BCUT2D eigenvalue weighted by molar-refractivity contribution is 0.102. The largest absolute Gasteiger partial charge is 0.496 e. The van der Waals surface area contributed by atoms with Crippen LogP contribution in [-0.4, -0.2) is 22.8 Å². The fraction of sp³-hybridized carbons (Fsp3) is 0.167. The number of hydrogen-bond acceptors (Lipinski definition) is 4. The molecule has 2 aromatic rings. The Morgan fingerprint density at radius 3 is 2.89 bits per heavy atom. The maximum absolute atomic E-state index is 12.1. The molecule has 94 valence electrons. The number of amides is 1. The Kier molecular flexibility index (Phi) is 3.18. The molecule has 0 bridgehead atoms. The van der Waals surface area contributed by atoms with Gasteiger partial charge in [0.1, 0.15) is 5.75 Å². The van der Waals surface area contributed by atoms with Crippen molar-refractivity contribution in [2.24, 2.45) is 7.05 Å². The molecule has 1 aromatic heterocycles.